The lowest BCUT2D eigenvalue weighted by atomic mass is 10.1. The second-order valence-corrected chi connectivity index (χ2v) is 4.49. The number of nitrogens with two attached hydrogens (primary N) is 1. The first-order valence-electron chi connectivity index (χ1n) is 6.20. The predicted octanol–water partition coefficient (Wildman–Crippen LogP) is 1.47. The Morgan fingerprint density at radius 1 is 1.53 bits per heavy atom. The van der Waals surface area contributed by atoms with Crippen molar-refractivity contribution in [2.45, 2.75) is 45.7 Å². The molecular formula is C13H23N3O. The van der Waals surface area contributed by atoms with E-state index in [0.29, 0.717) is 6.54 Å². The fourth-order valence-electron chi connectivity index (χ4n) is 1.71. The molecule has 1 heterocycles. The number of aryl methyl sites for hydroxylation is 1. The molecule has 0 bridgehead atoms. The first-order chi connectivity index (χ1) is 8.06. The van der Waals surface area contributed by atoms with Gasteiger partial charge in [-0.25, -0.2) is 0 Å². The van der Waals surface area contributed by atoms with Crippen molar-refractivity contribution in [1.29, 1.82) is 0 Å². The number of amides is 1. The highest BCUT2D eigenvalue weighted by Gasteiger charge is 2.12. The van der Waals surface area contributed by atoms with Crippen LogP contribution in [0.25, 0.3) is 0 Å². The van der Waals surface area contributed by atoms with E-state index < -0.39 is 0 Å². The van der Waals surface area contributed by atoms with Crippen LogP contribution >= 0.6 is 0 Å². The molecule has 0 saturated heterocycles. The molecule has 1 aromatic heterocycles. The quantitative estimate of drug-likeness (QED) is 0.787. The Morgan fingerprint density at radius 2 is 2.24 bits per heavy atom. The molecule has 1 amide bonds. The van der Waals surface area contributed by atoms with Gasteiger partial charge in [0.15, 0.2) is 0 Å². The van der Waals surface area contributed by atoms with Gasteiger partial charge in [0, 0.05) is 18.4 Å². The van der Waals surface area contributed by atoms with Gasteiger partial charge in [-0.05, 0) is 25.5 Å². The van der Waals surface area contributed by atoms with Crippen LogP contribution in [-0.2, 0) is 18.4 Å². The van der Waals surface area contributed by atoms with Crippen molar-refractivity contribution < 1.29 is 4.79 Å². The maximum absolute atomic E-state index is 11.7. The minimum Gasteiger partial charge on any atom is -0.350 e. The summed E-state index contributed by atoms with van der Waals surface area (Å²) in [5.74, 6) is -0.0581. The van der Waals surface area contributed by atoms with Crippen molar-refractivity contribution in [1.82, 2.24) is 9.88 Å². The Bertz CT molecular complexity index is 371. The van der Waals surface area contributed by atoms with E-state index in [1.807, 2.05) is 26.1 Å². The molecule has 0 saturated carbocycles. The van der Waals surface area contributed by atoms with Crippen molar-refractivity contribution in [3.8, 4) is 0 Å². The third-order valence-electron chi connectivity index (χ3n) is 3.13. The maximum Gasteiger partial charge on any atom is 0.237 e. The zero-order valence-corrected chi connectivity index (χ0v) is 11.0. The highest BCUT2D eigenvalue weighted by atomic mass is 16.2. The number of carbonyl (C=O) groups is 1. The van der Waals surface area contributed by atoms with Gasteiger partial charge in [0.05, 0.1) is 12.6 Å². The number of hydrogen-bond donors (Lipinski definition) is 2. The van der Waals surface area contributed by atoms with E-state index >= 15 is 0 Å². The molecule has 0 aliphatic rings. The zero-order chi connectivity index (χ0) is 12.8. The van der Waals surface area contributed by atoms with Crippen LogP contribution in [0.4, 0.5) is 0 Å². The van der Waals surface area contributed by atoms with Gasteiger partial charge in [-0.15, -0.1) is 0 Å². The summed E-state index contributed by atoms with van der Waals surface area (Å²) in [6.45, 7) is 4.68. The number of nitrogens with one attached hydrogen (secondary N) is 1. The number of aromatic nitrogens is 1. The number of unbranched alkanes of at least 4 members (excludes halogenated alkanes) is 1. The Morgan fingerprint density at radius 3 is 2.76 bits per heavy atom. The van der Waals surface area contributed by atoms with E-state index in [1.54, 1.807) is 0 Å². The summed E-state index contributed by atoms with van der Waals surface area (Å²) in [7, 11) is 1.99. The normalized spacial score (nSPS) is 12.5. The van der Waals surface area contributed by atoms with E-state index in [-0.39, 0.29) is 11.9 Å². The number of rotatable bonds is 6. The van der Waals surface area contributed by atoms with E-state index in [9.17, 15) is 4.79 Å². The summed E-state index contributed by atoms with van der Waals surface area (Å²) >= 11 is 0. The Hall–Kier alpha value is -1.29. The number of hydrogen-bond acceptors (Lipinski definition) is 2. The first-order valence-corrected chi connectivity index (χ1v) is 6.20. The molecule has 0 aliphatic heterocycles. The first kappa shape index (κ1) is 13.8. The molecule has 0 aliphatic carbocycles. The van der Waals surface area contributed by atoms with Crippen LogP contribution in [0, 0.1) is 6.92 Å². The second kappa shape index (κ2) is 6.45. The molecule has 0 radical (unpaired) electrons. The van der Waals surface area contributed by atoms with Crippen LogP contribution in [-0.4, -0.2) is 16.5 Å². The van der Waals surface area contributed by atoms with Crippen molar-refractivity contribution in [3.63, 3.8) is 0 Å². The average molecular weight is 237 g/mol. The SMILES string of the molecule is CCCCC(N)C(=O)NCc1ccc(C)n1C. The molecule has 1 atom stereocenters. The van der Waals surface area contributed by atoms with Crippen molar-refractivity contribution >= 4 is 5.91 Å². The van der Waals surface area contributed by atoms with Crippen LogP contribution in [0.3, 0.4) is 0 Å². The summed E-state index contributed by atoms with van der Waals surface area (Å²) in [6.07, 6.45) is 2.82. The lowest BCUT2D eigenvalue weighted by Crippen LogP contribution is -2.40. The fourth-order valence-corrected chi connectivity index (χ4v) is 1.71. The third kappa shape index (κ3) is 3.89. The molecule has 0 fully saturated rings. The van der Waals surface area contributed by atoms with Gasteiger partial charge in [0.2, 0.25) is 5.91 Å². The molecule has 1 unspecified atom stereocenters. The van der Waals surface area contributed by atoms with Crippen LogP contribution in [0.5, 0.6) is 0 Å². The van der Waals surface area contributed by atoms with Gasteiger partial charge in [0.1, 0.15) is 0 Å². The zero-order valence-electron chi connectivity index (χ0n) is 11.0. The molecule has 96 valence electrons. The standard InChI is InChI=1S/C13H23N3O/c1-4-5-6-12(14)13(17)15-9-11-8-7-10(2)16(11)3/h7-8,12H,4-6,9,14H2,1-3H3,(H,15,17). The van der Waals surface area contributed by atoms with Gasteiger partial charge in [0.25, 0.3) is 0 Å². The molecule has 3 N–H and O–H groups in total. The Kier molecular flexibility index (Phi) is 5.22. The molecular weight excluding hydrogens is 214 g/mol. The Balaban J connectivity index is 2.40. The molecule has 4 heteroatoms. The second-order valence-electron chi connectivity index (χ2n) is 4.49. The van der Waals surface area contributed by atoms with Gasteiger partial charge in [-0.2, -0.15) is 0 Å². The number of carbonyl (C=O) groups excluding carboxylic acids is 1. The van der Waals surface area contributed by atoms with Gasteiger partial charge in [-0.1, -0.05) is 19.8 Å². The summed E-state index contributed by atoms with van der Waals surface area (Å²) in [5, 5.41) is 2.88. The smallest absolute Gasteiger partial charge is 0.237 e. The van der Waals surface area contributed by atoms with Crippen LogP contribution in [0.1, 0.15) is 37.6 Å². The minimum absolute atomic E-state index is 0.0581. The summed E-state index contributed by atoms with van der Waals surface area (Å²) in [4.78, 5) is 11.7. The molecule has 1 aromatic rings. The monoisotopic (exact) mass is 237 g/mol. The van der Waals surface area contributed by atoms with E-state index in [4.69, 9.17) is 5.73 Å². The van der Waals surface area contributed by atoms with Crippen molar-refractivity contribution in [3.05, 3.63) is 23.5 Å². The van der Waals surface area contributed by atoms with Crippen LogP contribution < -0.4 is 11.1 Å². The molecule has 4 nitrogen and oxygen atoms in total. The fraction of sp³-hybridized carbons (Fsp3) is 0.615. The van der Waals surface area contributed by atoms with Gasteiger partial charge < -0.3 is 15.6 Å². The van der Waals surface area contributed by atoms with Gasteiger partial charge in [-0.3, -0.25) is 4.79 Å². The molecule has 0 aromatic carbocycles. The van der Waals surface area contributed by atoms with Crippen molar-refractivity contribution in [2.75, 3.05) is 0 Å². The van der Waals surface area contributed by atoms with E-state index in [2.05, 4.69) is 16.8 Å². The van der Waals surface area contributed by atoms with E-state index in [1.165, 1.54) is 5.69 Å². The summed E-state index contributed by atoms with van der Waals surface area (Å²) in [5.41, 5.74) is 8.07. The third-order valence-corrected chi connectivity index (χ3v) is 3.13. The lowest BCUT2D eigenvalue weighted by Gasteiger charge is -2.12. The van der Waals surface area contributed by atoms with Crippen LogP contribution in [0.2, 0.25) is 0 Å². The lowest BCUT2D eigenvalue weighted by molar-refractivity contribution is -0.122. The van der Waals surface area contributed by atoms with Crippen LogP contribution in [0.15, 0.2) is 12.1 Å². The molecule has 0 spiro atoms. The number of nitrogens with zero attached hydrogens (tertiary/aromatic N) is 1. The Labute approximate surface area is 103 Å². The topological polar surface area (TPSA) is 60.1 Å². The largest absolute Gasteiger partial charge is 0.350 e. The maximum atomic E-state index is 11.7. The molecule has 17 heavy (non-hydrogen) atoms. The minimum atomic E-state index is -0.378. The van der Waals surface area contributed by atoms with Crippen molar-refractivity contribution in [2.24, 2.45) is 12.8 Å². The summed E-state index contributed by atoms with van der Waals surface area (Å²) in [6, 6.07) is 3.68. The van der Waals surface area contributed by atoms with Gasteiger partial charge >= 0.3 is 0 Å². The highest BCUT2D eigenvalue weighted by Crippen LogP contribution is 2.05. The predicted molar refractivity (Wildman–Crippen MR) is 69.5 cm³/mol. The average Bonchev–Trinajstić information content (AvgIpc) is 2.64. The highest BCUT2D eigenvalue weighted by molar-refractivity contribution is 5.81. The molecule has 1 rings (SSSR count). The summed E-state index contributed by atoms with van der Waals surface area (Å²) < 4.78 is 2.07. The van der Waals surface area contributed by atoms with E-state index in [0.717, 1.165) is 25.0 Å².